The Labute approximate surface area is 70.4 Å². The van der Waals surface area contributed by atoms with Crippen LogP contribution in [0.4, 0.5) is 0 Å². The van der Waals surface area contributed by atoms with Crippen molar-refractivity contribution >= 4 is 5.91 Å². The van der Waals surface area contributed by atoms with Gasteiger partial charge in [0, 0.05) is 24.5 Å². The van der Waals surface area contributed by atoms with E-state index in [9.17, 15) is 4.79 Å². The van der Waals surface area contributed by atoms with E-state index < -0.39 is 5.91 Å². The molecule has 0 aliphatic rings. The van der Waals surface area contributed by atoms with Crippen LogP contribution in [0.1, 0.15) is 16.1 Å². The van der Waals surface area contributed by atoms with Crippen LogP contribution < -0.4 is 0 Å². The van der Waals surface area contributed by atoms with Crippen molar-refractivity contribution in [3.63, 3.8) is 0 Å². The van der Waals surface area contributed by atoms with E-state index in [4.69, 9.17) is 5.21 Å². The Morgan fingerprint density at radius 3 is 2.83 bits per heavy atom. The lowest BCUT2D eigenvalue weighted by atomic mass is 10.2. The molecule has 0 atom stereocenters. The van der Waals surface area contributed by atoms with Gasteiger partial charge < -0.3 is 0 Å². The van der Waals surface area contributed by atoms with Crippen LogP contribution in [-0.2, 0) is 0 Å². The van der Waals surface area contributed by atoms with Crippen molar-refractivity contribution in [2.75, 3.05) is 7.05 Å². The Morgan fingerprint density at radius 1 is 1.67 bits per heavy atom. The van der Waals surface area contributed by atoms with Crippen LogP contribution in [0.15, 0.2) is 18.3 Å². The molecule has 1 amide bonds. The molecular weight excluding hydrogens is 156 g/mol. The third kappa shape index (κ3) is 1.79. The van der Waals surface area contributed by atoms with Crippen LogP contribution in [0.25, 0.3) is 0 Å². The first-order valence-electron chi connectivity index (χ1n) is 3.51. The van der Waals surface area contributed by atoms with Crippen molar-refractivity contribution in [1.82, 2.24) is 10.0 Å². The van der Waals surface area contributed by atoms with Gasteiger partial charge in [-0.15, -0.1) is 0 Å². The Kier molecular flexibility index (Phi) is 2.40. The van der Waals surface area contributed by atoms with Gasteiger partial charge >= 0.3 is 0 Å². The summed E-state index contributed by atoms with van der Waals surface area (Å²) in [6.07, 6.45) is 1.53. The van der Waals surface area contributed by atoms with Gasteiger partial charge in [0.2, 0.25) is 0 Å². The maximum absolute atomic E-state index is 11.1. The molecule has 1 heterocycles. The van der Waals surface area contributed by atoms with Crippen LogP contribution in [0.5, 0.6) is 0 Å². The summed E-state index contributed by atoms with van der Waals surface area (Å²) in [7, 11) is 1.29. The fourth-order valence-corrected chi connectivity index (χ4v) is 0.865. The largest absolute Gasteiger partial charge is 0.286 e. The average molecular weight is 166 g/mol. The lowest BCUT2D eigenvalue weighted by Crippen LogP contribution is -2.22. The lowest BCUT2D eigenvalue weighted by molar-refractivity contribution is -0.0375. The normalized spacial score (nSPS) is 9.58. The van der Waals surface area contributed by atoms with Crippen molar-refractivity contribution in [1.29, 1.82) is 0 Å². The van der Waals surface area contributed by atoms with Gasteiger partial charge in [0.1, 0.15) is 0 Å². The molecule has 64 valence electrons. The van der Waals surface area contributed by atoms with Crippen LogP contribution in [-0.4, -0.2) is 28.2 Å². The van der Waals surface area contributed by atoms with E-state index in [2.05, 4.69) is 4.98 Å². The first-order valence-corrected chi connectivity index (χ1v) is 3.51. The van der Waals surface area contributed by atoms with Crippen molar-refractivity contribution in [3.05, 3.63) is 29.6 Å². The Bertz CT molecular complexity index is 297. The van der Waals surface area contributed by atoms with Crippen LogP contribution >= 0.6 is 0 Å². The van der Waals surface area contributed by atoms with Gasteiger partial charge in [0.15, 0.2) is 0 Å². The van der Waals surface area contributed by atoms with Gasteiger partial charge in [-0.05, 0) is 19.1 Å². The zero-order valence-corrected chi connectivity index (χ0v) is 6.98. The number of carbonyl (C=O) groups is 1. The minimum absolute atomic E-state index is 0.430. The molecule has 4 heteroatoms. The molecule has 1 rings (SSSR count). The highest BCUT2D eigenvalue weighted by Crippen LogP contribution is 2.02. The smallest absolute Gasteiger partial charge is 0.277 e. The van der Waals surface area contributed by atoms with Gasteiger partial charge in [-0.2, -0.15) is 0 Å². The van der Waals surface area contributed by atoms with E-state index in [0.717, 1.165) is 5.69 Å². The number of nitrogens with zero attached hydrogens (tertiary/aromatic N) is 2. The number of amides is 1. The third-order valence-electron chi connectivity index (χ3n) is 1.44. The van der Waals surface area contributed by atoms with E-state index in [1.54, 1.807) is 19.1 Å². The fourth-order valence-electron chi connectivity index (χ4n) is 0.865. The summed E-state index contributed by atoms with van der Waals surface area (Å²) >= 11 is 0. The molecule has 4 nitrogen and oxygen atoms in total. The lowest BCUT2D eigenvalue weighted by Gasteiger charge is -2.07. The maximum atomic E-state index is 11.1. The molecule has 1 aromatic heterocycles. The minimum atomic E-state index is -0.430. The standard InChI is InChI=1S/C8H10N2O2/c1-6-5-7(3-4-9-6)8(11)10(2)12/h3-5,12H,1-2H3. The van der Waals surface area contributed by atoms with Gasteiger partial charge in [-0.1, -0.05) is 0 Å². The second-order valence-corrected chi connectivity index (χ2v) is 2.51. The van der Waals surface area contributed by atoms with Crippen molar-refractivity contribution in [2.24, 2.45) is 0 Å². The van der Waals surface area contributed by atoms with Crippen molar-refractivity contribution in [2.45, 2.75) is 6.92 Å². The number of pyridine rings is 1. The summed E-state index contributed by atoms with van der Waals surface area (Å²) in [5.74, 6) is -0.430. The second kappa shape index (κ2) is 3.32. The summed E-state index contributed by atoms with van der Waals surface area (Å²) in [5.41, 5.74) is 1.19. The molecule has 0 saturated heterocycles. The molecular formula is C8H10N2O2. The number of rotatable bonds is 1. The van der Waals surface area contributed by atoms with E-state index >= 15 is 0 Å². The van der Waals surface area contributed by atoms with E-state index in [1.165, 1.54) is 13.2 Å². The predicted octanol–water partition coefficient (Wildman–Crippen LogP) is 0.851. The summed E-state index contributed by atoms with van der Waals surface area (Å²) in [6, 6.07) is 3.18. The summed E-state index contributed by atoms with van der Waals surface area (Å²) in [6.45, 7) is 1.79. The second-order valence-electron chi connectivity index (χ2n) is 2.51. The molecule has 1 N–H and O–H groups in total. The van der Waals surface area contributed by atoms with Gasteiger partial charge in [0.25, 0.3) is 5.91 Å². The minimum Gasteiger partial charge on any atom is -0.286 e. The number of hydrogen-bond donors (Lipinski definition) is 1. The topological polar surface area (TPSA) is 53.4 Å². The third-order valence-corrected chi connectivity index (χ3v) is 1.44. The molecule has 0 saturated carbocycles. The number of carbonyl (C=O) groups excluding carboxylic acids is 1. The van der Waals surface area contributed by atoms with Crippen molar-refractivity contribution < 1.29 is 10.0 Å². The Hall–Kier alpha value is -1.42. The molecule has 0 fully saturated rings. The SMILES string of the molecule is Cc1cc(C(=O)N(C)O)ccn1. The molecule has 1 aromatic rings. The average Bonchev–Trinajstić information content (AvgIpc) is 2.03. The molecule has 0 radical (unpaired) electrons. The van der Waals surface area contributed by atoms with Gasteiger partial charge in [-0.25, -0.2) is 5.06 Å². The van der Waals surface area contributed by atoms with Crippen LogP contribution in [0.3, 0.4) is 0 Å². The maximum Gasteiger partial charge on any atom is 0.277 e. The highest BCUT2D eigenvalue weighted by atomic mass is 16.5. The number of hydrogen-bond acceptors (Lipinski definition) is 3. The van der Waals surface area contributed by atoms with E-state index in [1.807, 2.05) is 0 Å². The number of aryl methyl sites for hydroxylation is 1. The van der Waals surface area contributed by atoms with Crippen molar-refractivity contribution in [3.8, 4) is 0 Å². The highest BCUT2D eigenvalue weighted by Gasteiger charge is 2.08. The zero-order chi connectivity index (χ0) is 9.14. The van der Waals surface area contributed by atoms with Crippen LogP contribution in [0, 0.1) is 6.92 Å². The quantitative estimate of drug-likeness (QED) is 0.497. The summed E-state index contributed by atoms with van der Waals surface area (Å²) in [5, 5.41) is 9.38. The van der Waals surface area contributed by atoms with E-state index in [-0.39, 0.29) is 0 Å². The molecule has 0 aliphatic heterocycles. The number of aromatic nitrogens is 1. The highest BCUT2D eigenvalue weighted by molar-refractivity contribution is 5.93. The monoisotopic (exact) mass is 166 g/mol. The summed E-state index contributed by atoms with van der Waals surface area (Å²) in [4.78, 5) is 15.1. The molecule has 0 spiro atoms. The van der Waals surface area contributed by atoms with Gasteiger partial charge in [0.05, 0.1) is 0 Å². The molecule has 12 heavy (non-hydrogen) atoms. The molecule has 0 unspecified atom stereocenters. The zero-order valence-electron chi connectivity index (χ0n) is 6.98. The Morgan fingerprint density at radius 2 is 2.33 bits per heavy atom. The molecule has 0 bridgehead atoms. The Balaban J connectivity index is 2.96. The number of hydroxylamine groups is 2. The summed E-state index contributed by atoms with van der Waals surface area (Å²) < 4.78 is 0. The van der Waals surface area contributed by atoms with Gasteiger partial charge in [-0.3, -0.25) is 15.0 Å². The molecule has 0 aliphatic carbocycles. The predicted molar refractivity (Wildman–Crippen MR) is 42.9 cm³/mol. The molecule has 0 aromatic carbocycles. The first-order chi connectivity index (χ1) is 5.61. The van der Waals surface area contributed by atoms with Crippen LogP contribution in [0.2, 0.25) is 0 Å². The first kappa shape index (κ1) is 8.67. The van der Waals surface area contributed by atoms with E-state index in [0.29, 0.717) is 10.6 Å². The fraction of sp³-hybridized carbons (Fsp3) is 0.250.